The van der Waals surface area contributed by atoms with Gasteiger partial charge in [0.15, 0.2) is 0 Å². The number of aromatic amines is 1. The molecule has 100 valence electrons. The van der Waals surface area contributed by atoms with Crippen LogP contribution in [0.1, 0.15) is 11.3 Å². The molecule has 1 aromatic carbocycles. The van der Waals surface area contributed by atoms with E-state index >= 15 is 0 Å². The van der Waals surface area contributed by atoms with Gasteiger partial charge in [-0.05, 0) is 11.6 Å². The SMILES string of the molecule is Cl.O=[N+]([O-])c1cccc(-c2cc3c([nH]2)CCNC3)c1. The van der Waals surface area contributed by atoms with E-state index in [9.17, 15) is 10.1 Å². The van der Waals surface area contributed by atoms with Gasteiger partial charge < -0.3 is 10.3 Å². The van der Waals surface area contributed by atoms with E-state index in [1.54, 1.807) is 12.1 Å². The average molecular weight is 280 g/mol. The van der Waals surface area contributed by atoms with Gasteiger partial charge in [0.2, 0.25) is 0 Å². The number of nitro benzene ring substituents is 1. The maximum Gasteiger partial charge on any atom is 0.270 e. The number of hydrogen-bond donors (Lipinski definition) is 2. The third-order valence-electron chi connectivity index (χ3n) is 3.23. The molecule has 2 aromatic rings. The van der Waals surface area contributed by atoms with E-state index in [1.165, 1.54) is 17.3 Å². The van der Waals surface area contributed by atoms with Crippen molar-refractivity contribution < 1.29 is 4.92 Å². The summed E-state index contributed by atoms with van der Waals surface area (Å²) in [6.07, 6.45) is 0.976. The van der Waals surface area contributed by atoms with Crippen molar-refractivity contribution in [1.29, 1.82) is 0 Å². The van der Waals surface area contributed by atoms with Crippen LogP contribution in [-0.4, -0.2) is 16.5 Å². The Balaban J connectivity index is 0.00000133. The Morgan fingerprint density at radius 2 is 2.11 bits per heavy atom. The Labute approximate surface area is 116 Å². The highest BCUT2D eigenvalue weighted by Gasteiger charge is 2.14. The van der Waals surface area contributed by atoms with E-state index < -0.39 is 0 Å². The van der Waals surface area contributed by atoms with Crippen molar-refractivity contribution in [2.24, 2.45) is 0 Å². The number of nitrogens with one attached hydrogen (secondary N) is 2. The fourth-order valence-corrected chi connectivity index (χ4v) is 2.30. The Morgan fingerprint density at radius 1 is 1.26 bits per heavy atom. The van der Waals surface area contributed by atoms with E-state index in [4.69, 9.17) is 0 Å². The minimum Gasteiger partial charge on any atom is -0.358 e. The second kappa shape index (κ2) is 5.42. The van der Waals surface area contributed by atoms with Crippen molar-refractivity contribution in [1.82, 2.24) is 10.3 Å². The molecule has 0 amide bonds. The first-order valence-electron chi connectivity index (χ1n) is 5.90. The average Bonchev–Trinajstić information content (AvgIpc) is 2.82. The number of aromatic nitrogens is 1. The van der Waals surface area contributed by atoms with Crippen LogP contribution in [0.15, 0.2) is 30.3 Å². The molecule has 0 fully saturated rings. The molecule has 6 heteroatoms. The number of non-ortho nitro benzene ring substituents is 1. The smallest absolute Gasteiger partial charge is 0.270 e. The summed E-state index contributed by atoms with van der Waals surface area (Å²) in [6.45, 7) is 1.84. The van der Waals surface area contributed by atoms with Crippen LogP contribution in [0.2, 0.25) is 0 Å². The fourth-order valence-electron chi connectivity index (χ4n) is 2.30. The second-order valence-electron chi connectivity index (χ2n) is 4.42. The lowest BCUT2D eigenvalue weighted by molar-refractivity contribution is -0.384. The molecule has 1 aromatic heterocycles. The van der Waals surface area contributed by atoms with Gasteiger partial charge in [-0.25, -0.2) is 0 Å². The van der Waals surface area contributed by atoms with Crippen LogP contribution in [0.5, 0.6) is 0 Å². The van der Waals surface area contributed by atoms with E-state index in [-0.39, 0.29) is 23.0 Å². The summed E-state index contributed by atoms with van der Waals surface area (Å²) in [4.78, 5) is 13.8. The lowest BCUT2D eigenvalue weighted by Crippen LogP contribution is -2.22. The maximum absolute atomic E-state index is 10.8. The minimum atomic E-state index is -0.367. The zero-order valence-electron chi connectivity index (χ0n) is 10.2. The number of halogens is 1. The summed E-state index contributed by atoms with van der Waals surface area (Å²) in [6, 6.07) is 8.78. The van der Waals surface area contributed by atoms with Crippen LogP contribution < -0.4 is 5.32 Å². The normalized spacial score (nSPS) is 13.5. The van der Waals surface area contributed by atoms with Crippen molar-refractivity contribution in [2.75, 3.05) is 6.54 Å². The van der Waals surface area contributed by atoms with Crippen LogP contribution >= 0.6 is 12.4 Å². The van der Waals surface area contributed by atoms with E-state index in [2.05, 4.69) is 16.4 Å². The third kappa shape index (κ3) is 2.62. The quantitative estimate of drug-likeness (QED) is 0.656. The van der Waals surface area contributed by atoms with Crippen molar-refractivity contribution in [2.45, 2.75) is 13.0 Å². The first-order valence-corrected chi connectivity index (χ1v) is 5.90. The van der Waals surface area contributed by atoms with Crippen molar-refractivity contribution >= 4 is 18.1 Å². The van der Waals surface area contributed by atoms with Crippen LogP contribution in [0, 0.1) is 10.1 Å². The number of H-pyrrole nitrogens is 1. The number of nitrogens with zero attached hydrogens (tertiary/aromatic N) is 1. The lowest BCUT2D eigenvalue weighted by Gasteiger charge is -2.11. The van der Waals surface area contributed by atoms with Crippen LogP contribution in [-0.2, 0) is 13.0 Å². The first-order chi connectivity index (χ1) is 8.74. The predicted molar refractivity (Wildman–Crippen MR) is 75.5 cm³/mol. The van der Waals surface area contributed by atoms with Crippen molar-refractivity contribution in [3.63, 3.8) is 0 Å². The largest absolute Gasteiger partial charge is 0.358 e. The summed E-state index contributed by atoms with van der Waals surface area (Å²) in [7, 11) is 0. The standard InChI is InChI=1S/C13H13N3O2.ClH/c17-16(18)11-3-1-2-9(6-11)13-7-10-8-14-5-4-12(10)15-13;/h1-3,6-7,14-15H,4-5,8H2;1H. The molecule has 0 saturated heterocycles. The van der Waals surface area contributed by atoms with Gasteiger partial charge >= 0.3 is 0 Å². The highest BCUT2D eigenvalue weighted by atomic mass is 35.5. The van der Waals surface area contributed by atoms with Crippen LogP contribution in [0.25, 0.3) is 11.3 Å². The molecule has 0 bridgehead atoms. The number of benzene rings is 1. The number of fused-ring (bicyclic) bond motifs is 1. The highest BCUT2D eigenvalue weighted by Crippen LogP contribution is 2.26. The Morgan fingerprint density at radius 3 is 2.84 bits per heavy atom. The summed E-state index contributed by atoms with van der Waals surface area (Å²) >= 11 is 0. The molecule has 0 saturated carbocycles. The molecule has 3 rings (SSSR count). The summed E-state index contributed by atoms with van der Waals surface area (Å²) in [5.41, 5.74) is 4.42. The molecule has 5 nitrogen and oxygen atoms in total. The number of nitro groups is 1. The Bertz CT molecular complexity index is 586. The van der Waals surface area contributed by atoms with Gasteiger partial charge in [0.1, 0.15) is 0 Å². The third-order valence-corrected chi connectivity index (χ3v) is 3.23. The number of rotatable bonds is 2. The van der Waals surface area contributed by atoms with Gasteiger partial charge in [-0.1, -0.05) is 12.1 Å². The Hall–Kier alpha value is -1.85. The van der Waals surface area contributed by atoms with Crippen LogP contribution in [0.4, 0.5) is 5.69 Å². The summed E-state index contributed by atoms with van der Waals surface area (Å²) < 4.78 is 0. The molecule has 1 aliphatic rings. The zero-order chi connectivity index (χ0) is 12.5. The molecule has 1 aliphatic heterocycles. The van der Waals surface area contributed by atoms with Crippen molar-refractivity contribution in [3.8, 4) is 11.3 Å². The van der Waals surface area contributed by atoms with Gasteiger partial charge in [0.05, 0.1) is 4.92 Å². The van der Waals surface area contributed by atoms with E-state index in [0.717, 1.165) is 30.8 Å². The zero-order valence-corrected chi connectivity index (χ0v) is 11.0. The maximum atomic E-state index is 10.8. The van der Waals surface area contributed by atoms with Crippen molar-refractivity contribution in [3.05, 3.63) is 51.7 Å². The monoisotopic (exact) mass is 279 g/mol. The van der Waals surface area contributed by atoms with E-state index in [1.807, 2.05) is 6.07 Å². The summed E-state index contributed by atoms with van der Waals surface area (Å²) in [5.74, 6) is 0. The molecular formula is C13H14ClN3O2. The molecule has 0 unspecified atom stereocenters. The lowest BCUT2D eigenvalue weighted by atomic mass is 10.1. The minimum absolute atomic E-state index is 0. The van der Waals surface area contributed by atoms with Crippen LogP contribution in [0.3, 0.4) is 0 Å². The van der Waals surface area contributed by atoms with Gasteiger partial charge in [0.25, 0.3) is 5.69 Å². The van der Waals surface area contributed by atoms with Gasteiger partial charge in [0, 0.05) is 48.6 Å². The molecule has 19 heavy (non-hydrogen) atoms. The second-order valence-corrected chi connectivity index (χ2v) is 4.42. The molecule has 0 spiro atoms. The molecular weight excluding hydrogens is 266 g/mol. The molecule has 2 N–H and O–H groups in total. The van der Waals surface area contributed by atoms with Gasteiger partial charge in [-0.15, -0.1) is 12.4 Å². The number of hydrogen-bond acceptors (Lipinski definition) is 3. The molecule has 2 heterocycles. The molecule has 0 aliphatic carbocycles. The summed E-state index contributed by atoms with van der Waals surface area (Å²) in [5, 5.41) is 14.1. The van der Waals surface area contributed by atoms with E-state index in [0.29, 0.717) is 0 Å². The predicted octanol–water partition coefficient (Wildman–Crippen LogP) is 2.66. The highest BCUT2D eigenvalue weighted by molar-refractivity contribution is 5.85. The van der Waals surface area contributed by atoms with Gasteiger partial charge in [-0.3, -0.25) is 10.1 Å². The fraction of sp³-hybridized carbons (Fsp3) is 0.231. The topological polar surface area (TPSA) is 71.0 Å². The molecule has 0 atom stereocenters. The molecule has 0 radical (unpaired) electrons. The Kier molecular flexibility index (Phi) is 3.87. The first kappa shape index (κ1) is 13.6. The van der Waals surface area contributed by atoms with Gasteiger partial charge in [-0.2, -0.15) is 0 Å².